The molecule has 1 aliphatic carbocycles. The van der Waals surface area contributed by atoms with Crippen molar-refractivity contribution in [2.24, 2.45) is 5.92 Å². The second-order valence-corrected chi connectivity index (χ2v) is 5.65. The predicted octanol–water partition coefficient (Wildman–Crippen LogP) is 3.30. The number of rotatable bonds is 10. The zero-order valence-corrected chi connectivity index (χ0v) is 12.3. The van der Waals surface area contributed by atoms with E-state index in [4.69, 9.17) is 4.74 Å². The van der Waals surface area contributed by atoms with Crippen LogP contribution in [0.15, 0.2) is 0 Å². The Morgan fingerprint density at radius 1 is 1.25 bits per heavy atom. The fraction of sp³-hybridized carbons (Fsp3) is 1.00. The van der Waals surface area contributed by atoms with Gasteiger partial charge in [-0.1, -0.05) is 22.4 Å². The van der Waals surface area contributed by atoms with Gasteiger partial charge in [0.15, 0.2) is 0 Å². The Morgan fingerprint density at radius 3 is 2.56 bits per heavy atom. The molecule has 1 rings (SSSR count). The molecule has 1 saturated carbocycles. The molecular weight excluding hydrogens is 266 g/mol. The third-order valence-corrected chi connectivity index (χ3v) is 4.10. The smallest absolute Gasteiger partial charge is 0.0589 e. The van der Waals surface area contributed by atoms with Gasteiger partial charge in [0.25, 0.3) is 0 Å². The van der Waals surface area contributed by atoms with Gasteiger partial charge in [-0.2, -0.15) is 0 Å². The molecule has 0 aromatic rings. The molecule has 1 unspecified atom stereocenters. The number of halogens is 1. The summed E-state index contributed by atoms with van der Waals surface area (Å²) in [6, 6.07) is 0.763. The van der Waals surface area contributed by atoms with E-state index in [1.54, 1.807) is 7.11 Å². The minimum Gasteiger partial charge on any atom is -0.383 e. The highest BCUT2D eigenvalue weighted by molar-refractivity contribution is 9.09. The van der Waals surface area contributed by atoms with Crippen molar-refractivity contribution in [2.75, 3.05) is 32.1 Å². The minimum atomic E-state index is 0.763. The molecule has 0 heterocycles. The molecule has 0 radical (unpaired) electrons. The first kappa shape index (κ1) is 14.5. The average molecular weight is 292 g/mol. The van der Waals surface area contributed by atoms with Crippen molar-refractivity contribution in [1.29, 1.82) is 0 Å². The number of methoxy groups -OCH3 is 1. The fourth-order valence-electron chi connectivity index (χ4n) is 2.19. The van der Waals surface area contributed by atoms with Gasteiger partial charge < -0.3 is 4.74 Å². The number of unbranched alkanes of at least 4 members (excludes halogenated alkanes) is 2. The summed E-state index contributed by atoms with van der Waals surface area (Å²) in [5, 5.41) is 1.14. The maximum atomic E-state index is 5.20. The van der Waals surface area contributed by atoms with Crippen molar-refractivity contribution in [3.63, 3.8) is 0 Å². The van der Waals surface area contributed by atoms with Crippen molar-refractivity contribution < 1.29 is 4.74 Å². The van der Waals surface area contributed by atoms with E-state index >= 15 is 0 Å². The Bertz CT molecular complexity index is 173. The van der Waals surface area contributed by atoms with Crippen LogP contribution >= 0.6 is 15.9 Å². The van der Waals surface area contributed by atoms with Gasteiger partial charge in [-0.05, 0) is 45.1 Å². The standard InChI is InChI=1S/C13H26BrNO/c1-12(13-6-7-13)15(10-11-16-2)9-5-3-4-8-14/h12-13H,3-11H2,1-2H3. The summed E-state index contributed by atoms with van der Waals surface area (Å²) >= 11 is 3.49. The molecule has 16 heavy (non-hydrogen) atoms. The van der Waals surface area contributed by atoms with Gasteiger partial charge in [0.05, 0.1) is 6.61 Å². The molecule has 1 fully saturated rings. The van der Waals surface area contributed by atoms with E-state index < -0.39 is 0 Å². The molecule has 0 aromatic carbocycles. The molecule has 96 valence electrons. The first-order valence-corrected chi connectivity index (χ1v) is 7.70. The highest BCUT2D eigenvalue weighted by Crippen LogP contribution is 2.35. The number of ether oxygens (including phenoxy) is 1. The molecule has 0 N–H and O–H groups in total. The highest BCUT2D eigenvalue weighted by Gasteiger charge is 2.31. The highest BCUT2D eigenvalue weighted by atomic mass is 79.9. The average Bonchev–Trinajstić information content (AvgIpc) is 3.11. The van der Waals surface area contributed by atoms with Gasteiger partial charge in [0.1, 0.15) is 0 Å². The monoisotopic (exact) mass is 291 g/mol. The normalized spacial score (nSPS) is 18.0. The lowest BCUT2D eigenvalue weighted by atomic mass is 10.1. The minimum absolute atomic E-state index is 0.763. The maximum absolute atomic E-state index is 5.20. The van der Waals surface area contributed by atoms with E-state index in [1.165, 1.54) is 38.6 Å². The Balaban J connectivity index is 2.19. The molecule has 3 heteroatoms. The van der Waals surface area contributed by atoms with Crippen LogP contribution in [-0.4, -0.2) is 43.1 Å². The summed E-state index contributed by atoms with van der Waals surface area (Å²) in [6.45, 7) is 5.60. The summed E-state index contributed by atoms with van der Waals surface area (Å²) in [7, 11) is 1.80. The Hall–Kier alpha value is 0.400. The lowest BCUT2D eigenvalue weighted by molar-refractivity contribution is 0.115. The van der Waals surface area contributed by atoms with Crippen LogP contribution < -0.4 is 0 Å². The second-order valence-electron chi connectivity index (χ2n) is 4.86. The van der Waals surface area contributed by atoms with E-state index in [0.717, 1.165) is 30.4 Å². The summed E-state index contributed by atoms with van der Waals surface area (Å²) in [5.74, 6) is 0.966. The largest absolute Gasteiger partial charge is 0.383 e. The van der Waals surface area contributed by atoms with E-state index in [9.17, 15) is 0 Å². The molecule has 0 amide bonds. The van der Waals surface area contributed by atoms with Gasteiger partial charge in [0, 0.05) is 25.0 Å². The molecule has 1 aliphatic rings. The lowest BCUT2D eigenvalue weighted by Crippen LogP contribution is -2.37. The summed E-state index contributed by atoms with van der Waals surface area (Å²) in [6.07, 6.45) is 6.84. The summed E-state index contributed by atoms with van der Waals surface area (Å²) < 4.78 is 5.20. The van der Waals surface area contributed by atoms with Crippen molar-refractivity contribution in [3.8, 4) is 0 Å². The predicted molar refractivity (Wildman–Crippen MR) is 73.3 cm³/mol. The van der Waals surface area contributed by atoms with Gasteiger partial charge in [-0.25, -0.2) is 0 Å². The van der Waals surface area contributed by atoms with Crippen molar-refractivity contribution in [2.45, 2.75) is 45.1 Å². The Morgan fingerprint density at radius 2 is 2.00 bits per heavy atom. The van der Waals surface area contributed by atoms with E-state index in [1.807, 2.05) is 0 Å². The molecule has 0 spiro atoms. The molecular formula is C13H26BrNO. The van der Waals surface area contributed by atoms with Gasteiger partial charge in [-0.15, -0.1) is 0 Å². The van der Waals surface area contributed by atoms with E-state index in [2.05, 4.69) is 27.8 Å². The van der Waals surface area contributed by atoms with Crippen LogP contribution in [0, 0.1) is 5.92 Å². The maximum Gasteiger partial charge on any atom is 0.0589 e. The first-order valence-electron chi connectivity index (χ1n) is 6.58. The van der Waals surface area contributed by atoms with E-state index in [0.29, 0.717) is 0 Å². The molecule has 0 aromatic heterocycles. The SMILES string of the molecule is COCCN(CCCCCBr)C(C)C1CC1. The zero-order valence-electron chi connectivity index (χ0n) is 10.8. The van der Waals surface area contributed by atoms with Crippen LogP contribution in [0.5, 0.6) is 0 Å². The van der Waals surface area contributed by atoms with Crippen LogP contribution in [0.1, 0.15) is 39.0 Å². The second kappa shape index (κ2) is 8.48. The molecule has 2 nitrogen and oxygen atoms in total. The molecule has 0 aliphatic heterocycles. The van der Waals surface area contributed by atoms with Crippen LogP contribution in [0.4, 0.5) is 0 Å². The molecule has 1 atom stereocenters. The lowest BCUT2D eigenvalue weighted by Gasteiger charge is -2.29. The van der Waals surface area contributed by atoms with Crippen LogP contribution in [0.3, 0.4) is 0 Å². The number of alkyl halides is 1. The number of hydrogen-bond donors (Lipinski definition) is 0. The third kappa shape index (κ3) is 5.65. The number of hydrogen-bond acceptors (Lipinski definition) is 2. The molecule has 0 saturated heterocycles. The molecule has 0 bridgehead atoms. The fourth-order valence-corrected chi connectivity index (χ4v) is 2.59. The van der Waals surface area contributed by atoms with Gasteiger partial charge in [-0.3, -0.25) is 4.90 Å². The zero-order chi connectivity index (χ0) is 11.8. The van der Waals surface area contributed by atoms with E-state index in [-0.39, 0.29) is 0 Å². The summed E-state index contributed by atoms with van der Waals surface area (Å²) in [5.41, 5.74) is 0. The number of nitrogens with zero attached hydrogens (tertiary/aromatic N) is 1. The van der Waals surface area contributed by atoms with Gasteiger partial charge >= 0.3 is 0 Å². The van der Waals surface area contributed by atoms with Crippen molar-refractivity contribution in [1.82, 2.24) is 4.90 Å². The summed E-state index contributed by atoms with van der Waals surface area (Å²) in [4.78, 5) is 2.62. The van der Waals surface area contributed by atoms with Crippen molar-refractivity contribution >= 4 is 15.9 Å². The third-order valence-electron chi connectivity index (χ3n) is 3.54. The van der Waals surface area contributed by atoms with Crippen LogP contribution in [0.2, 0.25) is 0 Å². The van der Waals surface area contributed by atoms with Crippen LogP contribution in [-0.2, 0) is 4.74 Å². The quantitative estimate of drug-likeness (QED) is 0.452. The van der Waals surface area contributed by atoms with Gasteiger partial charge in [0.2, 0.25) is 0 Å². The Kier molecular flexibility index (Phi) is 7.67. The van der Waals surface area contributed by atoms with Crippen molar-refractivity contribution in [3.05, 3.63) is 0 Å². The van der Waals surface area contributed by atoms with Crippen LogP contribution in [0.25, 0.3) is 0 Å². The first-order chi connectivity index (χ1) is 7.79. The Labute approximate surface area is 109 Å². The topological polar surface area (TPSA) is 12.5 Å².